The fourth-order valence-electron chi connectivity index (χ4n) is 3.05. The number of carbonyl (C=O) groups excluding carboxylic acids is 2. The first kappa shape index (κ1) is 23.8. The molecule has 3 N–H and O–H groups in total. The van der Waals surface area contributed by atoms with E-state index in [0.29, 0.717) is 31.2 Å². The van der Waals surface area contributed by atoms with E-state index in [-0.39, 0.29) is 36.0 Å². The van der Waals surface area contributed by atoms with Crippen LogP contribution in [0.2, 0.25) is 0 Å². The van der Waals surface area contributed by atoms with Gasteiger partial charge >= 0.3 is 0 Å². The number of carbonyl (C=O) groups is 2. The Kier molecular flexibility index (Phi) is 10.8. The van der Waals surface area contributed by atoms with Gasteiger partial charge in [-0.15, -0.1) is 24.2 Å². The van der Waals surface area contributed by atoms with Gasteiger partial charge in [-0.2, -0.15) is 0 Å². The van der Waals surface area contributed by atoms with E-state index >= 15 is 0 Å². The molecule has 2 amide bonds. The van der Waals surface area contributed by atoms with Crippen molar-refractivity contribution in [2.75, 3.05) is 39.1 Å². The Morgan fingerprint density at radius 1 is 1.41 bits per heavy atom. The molecule has 27 heavy (non-hydrogen) atoms. The Bertz CT molecular complexity index is 616. The lowest BCUT2D eigenvalue weighted by molar-refractivity contribution is -0.118. The summed E-state index contributed by atoms with van der Waals surface area (Å²) in [5.41, 5.74) is 6.69. The second kappa shape index (κ2) is 12.2. The van der Waals surface area contributed by atoms with Crippen molar-refractivity contribution in [3.8, 4) is 0 Å². The molecule has 0 aromatic heterocycles. The number of hydrogen-bond donors (Lipinski definition) is 2. The molecule has 0 saturated carbocycles. The molecule has 2 unspecified atom stereocenters. The minimum absolute atomic E-state index is 0. The molecule has 0 aliphatic carbocycles. The van der Waals surface area contributed by atoms with Gasteiger partial charge in [0.15, 0.2) is 0 Å². The highest BCUT2D eigenvalue weighted by atomic mass is 35.5. The van der Waals surface area contributed by atoms with Crippen molar-refractivity contribution in [1.82, 2.24) is 10.2 Å². The minimum atomic E-state index is -0.0655. The Morgan fingerprint density at radius 3 is 2.85 bits per heavy atom. The van der Waals surface area contributed by atoms with Crippen molar-refractivity contribution < 1.29 is 14.3 Å². The number of piperidine rings is 1. The van der Waals surface area contributed by atoms with Gasteiger partial charge in [0, 0.05) is 37.7 Å². The Labute approximate surface area is 172 Å². The van der Waals surface area contributed by atoms with E-state index in [4.69, 9.17) is 10.5 Å². The molecular weight excluding hydrogens is 386 g/mol. The third-order valence-electron chi connectivity index (χ3n) is 4.59. The van der Waals surface area contributed by atoms with E-state index in [1.807, 2.05) is 36.1 Å². The molecule has 6 nitrogen and oxygen atoms in total. The van der Waals surface area contributed by atoms with Crippen LogP contribution in [0.3, 0.4) is 0 Å². The van der Waals surface area contributed by atoms with Gasteiger partial charge in [0.1, 0.15) is 0 Å². The van der Waals surface area contributed by atoms with Crippen LogP contribution in [-0.2, 0) is 9.53 Å². The molecule has 1 aromatic rings. The van der Waals surface area contributed by atoms with Gasteiger partial charge in [-0.25, -0.2) is 0 Å². The number of benzene rings is 1. The monoisotopic (exact) mass is 415 g/mol. The number of halogens is 1. The molecule has 152 valence electrons. The Morgan fingerprint density at radius 2 is 2.15 bits per heavy atom. The lowest BCUT2D eigenvalue weighted by atomic mass is 9.92. The first-order valence-electron chi connectivity index (χ1n) is 9.05. The van der Waals surface area contributed by atoms with Crippen molar-refractivity contribution in [1.29, 1.82) is 0 Å². The third-order valence-corrected chi connectivity index (χ3v) is 5.67. The van der Waals surface area contributed by atoms with Crippen LogP contribution in [0.25, 0.3) is 0 Å². The van der Waals surface area contributed by atoms with Crippen molar-refractivity contribution in [2.24, 2.45) is 11.7 Å². The van der Waals surface area contributed by atoms with Crippen LogP contribution in [0.15, 0.2) is 29.2 Å². The average molecular weight is 416 g/mol. The first-order chi connectivity index (χ1) is 12.5. The summed E-state index contributed by atoms with van der Waals surface area (Å²) in [4.78, 5) is 27.6. The molecular formula is C19H30ClN3O3S. The summed E-state index contributed by atoms with van der Waals surface area (Å²) in [6, 6.07) is 7.58. The molecule has 1 heterocycles. The van der Waals surface area contributed by atoms with Crippen molar-refractivity contribution in [3.63, 3.8) is 0 Å². The van der Waals surface area contributed by atoms with Gasteiger partial charge in [-0.05, 0) is 37.8 Å². The molecule has 1 fully saturated rings. The van der Waals surface area contributed by atoms with Crippen LogP contribution in [0.5, 0.6) is 0 Å². The van der Waals surface area contributed by atoms with E-state index in [1.165, 1.54) is 11.8 Å². The number of methoxy groups -OCH3 is 1. The summed E-state index contributed by atoms with van der Waals surface area (Å²) in [7, 11) is 1.60. The molecule has 2 rings (SSSR count). The fraction of sp³-hybridized carbons (Fsp3) is 0.579. The van der Waals surface area contributed by atoms with Crippen molar-refractivity contribution in [2.45, 2.75) is 30.7 Å². The maximum Gasteiger partial charge on any atom is 0.254 e. The lowest BCUT2D eigenvalue weighted by Gasteiger charge is -2.35. The summed E-state index contributed by atoms with van der Waals surface area (Å²) >= 11 is 1.39. The fourth-order valence-corrected chi connectivity index (χ4v) is 3.92. The zero-order chi connectivity index (χ0) is 18.9. The lowest BCUT2D eigenvalue weighted by Crippen LogP contribution is -2.45. The van der Waals surface area contributed by atoms with Crippen LogP contribution in [0.1, 0.15) is 30.1 Å². The van der Waals surface area contributed by atoms with Crippen LogP contribution in [0.4, 0.5) is 0 Å². The number of nitrogens with two attached hydrogens (primary N) is 1. The van der Waals surface area contributed by atoms with E-state index in [9.17, 15) is 9.59 Å². The quantitative estimate of drug-likeness (QED) is 0.502. The van der Waals surface area contributed by atoms with Gasteiger partial charge in [0.25, 0.3) is 5.91 Å². The second-order valence-electron chi connectivity index (χ2n) is 6.64. The maximum absolute atomic E-state index is 13.0. The summed E-state index contributed by atoms with van der Waals surface area (Å²) in [6.45, 7) is 4.44. The summed E-state index contributed by atoms with van der Waals surface area (Å²) in [5, 5.41) is 2.79. The zero-order valence-electron chi connectivity index (χ0n) is 16.0. The van der Waals surface area contributed by atoms with Crippen molar-refractivity contribution >= 4 is 36.0 Å². The SMILES string of the molecule is COCCNC(=O)CSc1ccccc1C(=O)N1CCCC(C(C)N)C1.Cl. The van der Waals surface area contributed by atoms with Gasteiger partial charge in [0.2, 0.25) is 5.91 Å². The number of nitrogens with zero attached hydrogens (tertiary/aromatic N) is 1. The maximum atomic E-state index is 13.0. The predicted molar refractivity (Wildman–Crippen MR) is 112 cm³/mol. The highest BCUT2D eigenvalue weighted by Crippen LogP contribution is 2.26. The third kappa shape index (κ3) is 7.33. The standard InChI is InChI=1S/C19H29N3O3S.ClH/c1-14(20)15-6-5-10-22(12-15)19(24)16-7-3-4-8-17(16)26-13-18(23)21-9-11-25-2;/h3-4,7-8,14-15H,5-6,9-13,20H2,1-2H3,(H,21,23);1H. The molecule has 0 radical (unpaired) electrons. The van der Waals surface area contributed by atoms with E-state index in [0.717, 1.165) is 24.3 Å². The Hall–Kier alpha value is -1.28. The minimum Gasteiger partial charge on any atom is -0.383 e. The van der Waals surface area contributed by atoms with Gasteiger partial charge in [0.05, 0.1) is 17.9 Å². The van der Waals surface area contributed by atoms with E-state index in [2.05, 4.69) is 5.32 Å². The molecule has 0 spiro atoms. The number of rotatable bonds is 8. The van der Waals surface area contributed by atoms with Gasteiger partial charge < -0.3 is 20.7 Å². The van der Waals surface area contributed by atoms with Crippen molar-refractivity contribution in [3.05, 3.63) is 29.8 Å². The molecule has 1 aliphatic heterocycles. The summed E-state index contributed by atoms with van der Waals surface area (Å²) < 4.78 is 4.92. The number of amides is 2. The predicted octanol–water partition coefficient (Wildman–Crippen LogP) is 2.16. The smallest absolute Gasteiger partial charge is 0.254 e. The van der Waals surface area contributed by atoms with Crippen LogP contribution >= 0.6 is 24.2 Å². The van der Waals surface area contributed by atoms with Crippen LogP contribution in [0, 0.1) is 5.92 Å². The number of likely N-dealkylation sites (tertiary alicyclic amines) is 1. The highest BCUT2D eigenvalue weighted by molar-refractivity contribution is 8.00. The molecule has 1 aromatic carbocycles. The van der Waals surface area contributed by atoms with E-state index < -0.39 is 0 Å². The van der Waals surface area contributed by atoms with Crippen LogP contribution < -0.4 is 11.1 Å². The molecule has 1 aliphatic rings. The Balaban J connectivity index is 0.00000364. The zero-order valence-corrected chi connectivity index (χ0v) is 17.6. The largest absolute Gasteiger partial charge is 0.383 e. The van der Waals surface area contributed by atoms with E-state index in [1.54, 1.807) is 7.11 Å². The molecule has 2 atom stereocenters. The molecule has 0 bridgehead atoms. The highest BCUT2D eigenvalue weighted by Gasteiger charge is 2.27. The van der Waals surface area contributed by atoms with Gasteiger partial charge in [-0.1, -0.05) is 12.1 Å². The molecule has 8 heteroatoms. The number of thioether (sulfide) groups is 1. The van der Waals surface area contributed by atoms with Gasteiger partial charge in [-0.3, -0.25) is 9.59 Å². The topological polar surface area (TPSA) is 84.7 Å². The second-order valence-corrected chi connectivity index (χ2v) is 7.66. The number of nitrogens with one attached hydrogen (secondary N) is 1. The number of hydrogen-bond acceptors (Lipinski definition) is 5. The first-order valence-corrected chi connectivity index (χ1v) is 10.0. The normalized spacial score (nSPS) is 17.7. The number of ether oxygens (including phenoxy) is 1. The average Bonchev–Trinajstić information content (AvgIpc) is 2.66. The summed E-state index contributed by atoms with van der Waals surface area (Å²) in [5.74, 6) is 0.581. The molecule has 1 saturated heterocycles. The van der Waals surface area contributed by atoms with Crippen LogP contribution in [-0.4, -0.2) is 61.9 Å². The summed E-state index contributed by atoms with van der Waals surface area (Å²) in [6.07, 6.45) is 2.05.